The van der Waals surface area contributed by atoms with Gasteiger partial charge in [0.15, 0.2) is 0 Å². The van der Waals surface area contributed by atoms with E-state index >= 15 is 0 Å². The van der Waals surface area contributed by atoms with Crippen LogP contribution in [0, 0.1) is 5.41 Å². The third kappa shape index (κ3) is 4.55. The molecule has 2 saturated heterocycles. The van der Waals surface area contributed by atoms with Crippen molar-refractivity contribution < 1.29 is 9.53 Å². The predicted molar refractivity (Wildman–Crippen MR) is 127 cm³/mol. The number of benzene rings is 2. The molecule has 2 aromatic carbocycles. The Balaban J connectivity index is 1.23. The molecule has 3 aliphatic rings. The molecule has 5 heteroatoms. The second kappa shape index (κ2) is 9.24. The molecule has 5 nitrogen and oxygen atoms in total. The standard InChI is InChI=1S/C27H35N3O2/c1-2-28-16-13-27(20-28)14-17-30(21-27)26(31)12-15-29-18-23-10-6-7-11-24(23)32-25(19-29)22-8-4-3-5-9-22/h3-11,25H,2,12-21H2,1H3. The van der Waals surface area contributed by atoms with Gasteiger partial charge in [0.05, 0.1) is 0 Å². The van der Waals surface area contributed by atoms with Gasteiger partial charge in [0, 0.05) is 56.7 Å². The van der Waals surface area contributed by atoms with Crippen LogP contribution in [-0.4, -0.2) is 66.4 Å². The molecule has 32 heavy (non-hydrogen) atoms. The summed E-state index contributed by atoms with van der Waals surface area (Å²) in [6, 6.07) is 18.7. The molecule has 0 aromatic heterocycles. The SMILES string of the molecule is CCN1CCC2(CCN(C(=O)CCN3Cc4ccccc4OC(c4ccccc4)C3)C2)C1. The number of hydrogen-bond acceptors (Lipinski definition) is 4. The van der Waals surface area contributed by atoms with Gasteiger partial charge in [-0.3, -0.25) is 9.69 Å². The zero-order valence-electron chi connectivity index (χ0n) is 19.2. The summed E-state index contributed by atoms with van der Waals surface area (Å²) in [6.07, 6.45) is 2.96. The number of carbonyl (C=O) groups excluding carboxylic acids is 1. The number of carbonyl (C=O) groups is 1. The third-order valence-electron chi connectivity index (χ3n) is 7.63. The Bertz CT molecular complexity index is 934. The Morgan fingerprint density at radius 2 is 1.78 bits per heavy atom. The number of hydrogen-bond donors (Lipinski definition) is 0. The Hall–Kier alpha value is -2.37. The molecule has 2 fully saturated rings. The topological polar surface area (TPSA) is 36.0 Å². The summed E-state index contributed by atoms with van der Waals surface area (Å²) in [6.45, 7) is 9.96. The summed E-state index contributed by atoms with van der Waals surface area (Å²) >= 11 is 0. The largest absolute Gasteiger partial charge is 0.484 e. The van der Waals surface area contributed by atoms with Crippen molar-refractivity contribution in [2.45, 2.75) is 38.8 Å². The maximum absolute atomic E-state index is 13.1. The van der Waals surface area contributed by atoms with E-state index in [9.17, 15) is 4.79 Å². The van der Waals surface area contributed by atoms with Gasteiger partial charge in [0.1, 0.15) is 11.9 Å². The summed E-state index contributed by atoms with van der Waals surface area (Å²) < 4.78 is 6.42. The highest BCUT2D eigenvalue weighted by Gasteiger charge is 2.44. The second-order valence-electron chi connectivity index (χ2n) is 9.79. The Labute approximate surface area is 191 Å². The molecule has 2 atom stereocenters. The average molecular weight is 434 g/mol. The molecule has 3 heterocycles. The van der Waals surface area contributed by atoms with Crippen LogP contribution < -0.4 is 4.74 Å². The van der Waals surface area contributed by atoms with Gasteiger partial charge in [-0.1, -0.05) is 55.5 Å². The maximum Gasteiger partial charge on any atom is 0.223 e. The molecule has 2 aromatic rings. The Morgan fingerprint density at radius 3 is 2.59 bits per heavy atom. The van der Waals surface area contributed by atoms with Gasteiger partial charge >= 0.3 is 0 Å². The van der Waals surface area contributed by atoms with Crippen LogP contribution in [-0.2, 0) is 11.3 Å². The van der Waals surface area contributed by atoms with Gasteiger partial charge in [-0.15, -0.1) is 0 Å². The minimum absolute atomic E-state index is 0.0245. The number of rotatable bonds is 5. The zero-order valence-corrected chi connectivity index (χ0v) is 19.2. The second-order valence-corrected chi connectivity index (χ2v) is 9.79. The van der Waals surface area contributed by atoms with Crippen LogP contribution in [0.1, 0.15) is 43.4 Å². The van der Waals surface area contributed by atoms with Crippen molar-refractivity contribution >= 4 is 5.91 Å². The number of amides is 1. The summed E-state index contributed by atoms with van der Waals surface area (Å²) in [5, 5.41) is 0. The fourth-order valence-corrected chi connectivity index (χ4v) is 5.68. The normalized spacial score (nSPS) is 26.2. The van der Waals surface area contributed by atoms with Crippen LogP contribution in [0.15, 0.2) is 54.6 Å². The third-order valence-corrected chi connectivity index (χ3v) is 7.63. The van der Waals surface area contributed by atoms with Crippen LogP contribution in [0.3, 0.4) is 0 Å². The summed E-state index contributed by atoms with van der Waals surface area (Å²) in [5.41, 5.74) is 2.73. The molecule has 0 bridgehead atoms. The maximum atomic E-state index is 13.1. The molecule has 0 aliphatic carbocycles. The first-order chi connectivity index (χ1) is 15.6. The van der Waals surface area contributed by atoms with Crippen LogP contribution in [0.4, 0.5) is 0 Å². The van der Waals surface area contributed by atoms with E-state index in [4.69, 9.17) is 4.74 Å². The minimum Gasteiger partial charge on any atom is -0.484 e. The lowest BCUT2D eigenvalue weighted by Crippen LogP contribution is -2.36. The fourth-order valence-electron chi connectivity index (χ4n) is 5.68. The van der Waals surface area contributed by atoms with Gasteiger partial charge in [-0.2, -0.15) is 0 Å². The van der Waals surface area contributed by atoms with Crippen molar-refractivity contribution in [2.24, 2.45) is 5.41 Å². The van der Waals surface area contributed by atoms with Crippen molar-refractivity contribution in [3.8, 4) is 5.75 Å². The average Bonchev–Trinajstić information content (AvgIpc) is 3.39. The van der Waals surface area contributed by atoms with E-state index in [0.29, 0.717) is 17.7 Å². The number of likely N-dealkylation sites (tertiary alicyclic amines) is 2. The highest BCUT2D eigenvalue weighted by Crippen LogP contribution is 2.39. The van der Waals surface area contributed by atoms with Gasteiger partial charge in [-0.05, 0) is 37.6 Å². The highest BCUT2D eigenvalue weighted by molar-refractivity contribution is 5.76. The van der Waals surface area contributed by atoms with E-state index in [1.54, 1.807) is 0 Å². The zero-order chi connectivity index (χ0) is 22.0. The van der Waals surface area contributed by atoms with Crippen molar-refractivity contribution in [1.29, 1.82) is 0 Å². The van der Waals surface area contributed by atoms with E-state index in [-0.39, 0.29) is 6.10 Å². The van der Waals surface area contributed by atoms with Gasteiger partial charge < -0.3 is 14.5 Å². The molecule has 0 N–H and O–H groups in total. The fraction of sp³-hybridized carbons (Fsp3) is 0.519. The van der Waals surface area contributed by atoms with E-state index in [2.05, 4.69) is 64.1 Å². The Morgan fingerprint density at radius 1 is 1.00 bits per heavy atom. The van der Waals surface area contributed by atoms with E-state index in [1.807, 2.05) is 12.1 Å². The van der Waals surface area contributed by atoms with Crippen molar-refractivity contribution in [2.75, 3.05) is 45.8 Å². The number of fused-ring (bicyclic) bond motifs is 1. The molecule has 2 unspecified atom stereocenters. The van der Waals surface area contributed by atoms with Crippen molar-refractivity contribution in [1.82, 2.24) is 14.7 Å². The van der Waals surface area contributed by atoms with Gasteiger partial charge in [-0.25, -0.2) is 0 Å². The van der Waals surface area contributed by atoms with E-state index in [0.717, 1.165) is 58.0 Å². The van der Waals surface area contributed by atoms with E-state index in [1.165, 1.54) is 24.1 Å². The first-order valence-corrected chi connectivity index (χ1v) is 12.2. The lowest BCUT2D eigenvalue weighted by Gasteiger charge is -2.26. The van der Waals surface area contributed by atoms with Crippen LogP contribution >= 0.6 is 0 Å². The molecular weight excluding hydrogens is 398 g/mol. The van der Waals surface area contributed by atoms with Gasteiger partial charge in [0.25, 0.3) is 0 Å². The molecule has 3 aliphatic heterocycles. The van der Waals surface area contributed by atoms with Crippen molar-refractivity contribution in [3.05, 3.63) is 65.7 Å². The molecule has 5 rings (SSSR count). The van der Waals surface area contributed by atoms with Crippen molar-refractivity contribution in [3.63, 3.8) is 0 Å². The van der Waals surface area contributed by atoms with Gasteiger partial charge in [0.2, 0.25) is 5.91 Å². The first kappa shape index (κ1) is 21.5. The molecule has 0 radical (unpaired) electrons. The molecule has 170 valence electrons. The summed E-state index contributed by atoms with van der Waals surface area (Å²) in [7, 11) is 0. The van der Waals surface area contributed by atoms with Crippen LogP contribution in [0.5, 0.6) is 5.75 Å². The lowest BCUT2D eigenvalue weighted by molar-refractivity contribution is -0.131. The smallest absolute Gasteiger partial charge is 0.223 e. The molecule has 1 spiro atoms. The number of para-hydroxylation sites is 1. The minimum atomic E-state index is -0.0245. The van der Waals surface area contributed by atoms with Crippen LogP contribution in [0.25, 0.3) is 0 Å². The predicted octanol–water partition coefficient (Wildman–Crippen LogP) is 3.96. The van der Waals surface area contributed by atoms with Crippen LogP contribution in [0.2, 0.25) is 0 Å². The lowest BCUT2D eigenvalue weighted by atomic mass is 9.86. The Kier molecular flexibility index (Phi) is 6.20. The number of ether oxygens (including phenoxy) is 1. The van der Waals surface area contributed by atoms with E-state index < -0.39 is 0 Å². The number of nitrogens with zero attached hydrogens (tertiary/aromatic N) is 3. The monoisotopic (exact) mass is 433 g/mol. The molecular formula is C27H35N3O2. The first-order valence-electron chi connectivity index (χ1n) is 12.2. The summed E-state index contributed by atoms with van der Waals surface area (Å²) in [5.74, 6) is 1.27. The quantitative estimate of drug-likeness (QED) is 0.715. The summed E-state index contributed by atoms with van der Waals surface area (Å²) in [4.78, 5) is 20.2. The highest BCUT2D eigenvalue weighted by atomic mass is 16.5. The molecule has 0 saturated carbocycles. The molecule has 1 amide bonds.